The minimum absolute atomic E-state index is 0. The Morgan fingerprint density at radius 3 is 1.91 bits per heavy atom. The molecule has 23 heavy (non-hydrogen) atoms. The topological polar surface area (TPSA) is 62.0 Å². The van der Waals surface area contributed by atoms with Crippen molar-refractivity contribution in [2.75, 3.05) is 7.05 Å². The third kappa shape index (κ3) is 8.19. The molecule has 0 aliphatic carbocycles. The fourth-order valence-corrected chi connectivity index (χ4v) is 1.47. The molecule has 4 heteroatoms. The van der Waals surface area contributed by atoms with E-state index in [-0.39, 0.29) is 31.8 Å². The van der Waals surface area contributed by atoms with Crippen LogP contribution < -0.4 is 10.7 Å². The molecule has 0 aliphatic rings. The number of para-hydroxylation sites is 1. The summed E-state index contributed by atoms with van der Waals surface area (Å²) in [5.74, 6) is -0.373. The monoisotopic (exact) mass is 324 g/mol. The fraction of sp³-hybridized carbons (Fsp3) is 0.474. The van der Waals surface area contributed by atoms with E-state index in [1.165, 1.54) is 13.2 Å². The molecule has 0 unspecified atom stereocenters. The van der Waals surface area contributed by atoms with E-state index in [1.807, 2.05) is 47.6 Å². The first kappa shape index (κ1) is 29.0. The molecular formula is C19H36N2O2. The molecule has 134 valence electrons. The summed E-state index contributed by atoms with van der Waals surface area (Å²) >= 11 is 0. The smallest absolute Gasteiger partial charge is 0.256 e. The number of H-pyrrole nitrogens is 1. The van der Waals surface area contributed by atoms with Gasteiger partial charge in [-0.25, -0.2) is 0 Å². The fourth-order valence-electron chi connectivity index (χ4n) is 1.47. The first-order chi connectivity index (χ1) is 10.2. The average molecular weight is 325 g/mol. The van der Waals surface area contributed by atoms with Crippen LogP contribution in [0.4, 0.5) is 0 Å². The van der Waals surface area contributed by atoms with Crippen molar-refractivity contribution in [2.45, 2.75) is 56.4 Å². The Labute approximate surface area is 142 Å². The normalized spacial score (nSPS) is 7.43. The van der Waals surface area contributed by atoms with Crippen molar-refractivity contribution in [2.24, 2.45) is 0 Å². The van der Waals surface area contributed by atoms with Gasteiger partial charge in [0.25, 0.3) is 5.91 Å². The maximum atomic E-state index is 11.8. The van der Waals surface area contributed by atoms with Crippen LogP contribution in [0.15, 0.2) is 35.3 Å². The van der Waals surface area contributed by atoms with Gasteiger partial charge in [-0.05, 0) is 12.1 Å². The highest BCUT2D eigenvalue weighted by molar-refractivity contribution is 5.96. The first-order valence-corrected chi connectivity index (χ1v) is 7.56. The highest BCUT2D eigenvalue weighted by Crippen LogP contribution is 2.06. The Kier molecular flexibility index (Phi) is 22.6. The summed E-state index contributed by atoms with van der Waals surface area (Å²) in [4.78, 5) is 26.1. The maximum absolute atomic E-state index is 11.8. The molecule has 0 fully saturated rings. The molecule has 0 saturated carbocycles. The summed E-state index contributed by atoms with van der Waals surface area (Å²) in [5.41, 5.74) is 0.620. The highest BCUT2D eigenvalue weighted by Gasteiger charge is 2.10. The number of fused-ring (bicyclic) bond motifs is 1. The average Bonchev–Trinajstić information content (AvgIpc) is 2.60. The van der Waals surface area contributed by atoms with Crippen molar-refractivity contribution >= 4 is 16.8 Å². The van der Waals surface area contributed by atoms with Gasteiger partial charge in [0.2, 0.25) is 5.43 Å². The van der Waals surface area contributed by atoms with Gasteiger partial charge in [-0.2, -0.15) is 0 Å². The van der Waals surface area contributed by atoms with E-state index in [2.05, 4.69) is 10.3 Å². The van der Waals surface area contributed by atoms with Gasteiger partial charge in [0.15, 0.2) is 0 Å². The van der Waals surface area contributed by atoms with Crippen molar-refractivity contribution in [1.29, 1.82) is 0 Å². The number of nitrogens with one attached hydrogen (secondary N) is 2. The Bertz CT molecular complexity index is 575. The lowest BCUT2D eigenvalue weighted by atomic mass is 10.1. The minimum Gasteiger partial charge on any atom is -0.360 e. The lowest BCUT2D eigenvalue weighted by Gasteiger charge is -2.01. The van der Waals surface area contributed by atoms with Crippen LogP contribution in [0.2, 0.25) is 0 Å². The molecule has 1 amide bonds. The van der Waals surface area contributed by atoms with Gasteiger partial charge in [0, 0.05) is 24.1 Å². The van der Waals surface area contributed by atoms with Crippen LogP contribution in [0.1, 0.15) is 66.8 Å². The van der Waals surface area contributed by atoms with Crippen molar-refractivity contribution in [3.63, 3.8) is 0 Å². The van der Waals surface area contributed by atoms with Crippen LogP contribution in [0.3, 0.4) is 0 Å². The Balaban J connectivity index is -0.000000204. The Morgan fingerprint density at radius 1 is 0.957 bits per heavy atom. The third-order valence-corrected chi connectivity index (χ3v) is 2.26. The van der Waals surface area contributed by atoms with Gasteiger partial charge in [0.1, 0.15) is 5.56 Å². The zero-order valence-corrected chi connectivity index (χ0v) is 14.2. The minimum atomic E-state index is -0.373. The van der Waals surface area contributed by atoms with Crippen molar-refractivity contribution < 1.29 is 4.79 Å². The number of benzene rings is 1. The Morgan fingerprint density at radius 2 is 1.43 bits per heavy atom. The van der Waals surface area contributed by atoms with Gasteiger partial charge in [0.05, 0.1) is 0 Å². The predicted molar refractivity (Wildman–Crippen MR) is 105 cm³/mol. The molecule has 4 nitrogen and oxygen atoms in total. The van der Waals surface area contributed by atoms with Crippen LogP contribution in [-0.4, -0.2) is 17.9 Å². The molecule has 0 aliphatic heterocycles. The lowest BCUT2D eigenvalue weighted by Crippen LogP contribution is -2.25. The molecule has 0 radical (unpaired) electrons. The first-order valence-electron chi connectivity index (χ1n) is 7.56. The zero-order valence-electron chi connectivity index (χ0n) is 14.2. The van der Waals surface area contributed by atoms with Crippen molar-refractivity contribution in [3.8, 4) is 0 Å². The molecule has 1 aromatic heterocycles. The summed E-state index contributed by atoms with van der Waals surface area (Å²) in [6.07, 6.45) is 1.43. The molecule has 0 saturated heterocycles. The second-order valence-electron chi connectivity index (χ2n) is 3.16. The largest absolute Gasteiger partial charge is 0.360 e. The number of aromatic nitrogens is 1. The van der Waals surface area contributed by atoms with Crippen molar-refractivity contribution in [1.82, 2.24) is 10.3 Å². The molecule has 1 aromatic carbocycles. The summed E-state index contributed by atoms with van der Waals surface area (Å²) < 4.78 is 0. The SMILES string of the molecule is C.C.CC.CC.CC.CNC(=O)c1c[nH]c2ccccc2c1=O. The van der Waals surface area contributed by atoms with E-state index in [4.69, 9.17) is 0 Å². The van der Waals surface area contributed by atoms with E-state index in [0.717, 1.165) is 5.52 Å². The molecular weight excluding hydrogens is 288 g/mol. The highest BCUT2D eigenvalue weighted by atomic mass is 16.2. The van der Waals surface area contributed by atoms with Gasteiger partial charge in [-0.15, -0.1) is 0 Å². The Hall–Kier alpha value is -2.10. The zero-order chi connectivity index (χ0) is 16.8. The summed E-state index contributed by atoms with van der Waals surface area (Å²) in [7, 11) is 1.50. The molecule has 2 N–H and O–H groups in total. The number of aromatic amines is 1. The molecule has 0 bridgehead atoms. The van der Waals surface area contributed by atoms with Gasteiger partial charge in [-0.3, -0.25) is 9.59 Å². The second-order valence-corrected chi connectivity index (χ2v) is 3.16. The van der Waals surface area contributed by atoms with E-state index in [9.17, 15) is 9.59 Å². The third-order valence-electron chi connectivity index (χ3n) is 2.26. The molecule has 0 atom stereocenters. The summed E-state index contributed by atoms with van der Waals surface area (Å²) in [6.45, 7) is 12.0. The standard InChI is InChI=1S/C11H10N2O2.3C2H6.2CH4/c1-12-11(15)8-6-13-9-5-3-2-4-7(9)10(8)14;3*1-2;;/h2-6H,1H3,(H,12,15)(H,13,14);3*1-2H3;2*1H4. The number of carbonyl (C=O) groups excluding carboxylic acids is 1. The number of amides is 1. The van der Waals surface area contributed by atoms with Crippen LogP contribution >= 0.6 is 0 Å². The van der Waals surface area contributed by atoms with E-state index in [1.54, 1.807) is 18.2 Å². The van der Waals surface area contributed by atoms with Crippen molar-refractivity contribution in [3.05, 3.63) is 46.2 Å². The van der Waals surface area contributed by atoms with Crippen LogP contribution in [0.5, 0.6) is 0 Å². The number of rotatable bonds is 1. The predicted octanol–water partition coefficient (Wildman–Crippen LogP) is 5.24. The van der Waals surface area contributed by atoms with Gasteiger partial charge >= 0.3 is 0 Å². The van der Waals surface area contributed by atoms with E-state index < -0.39 is 0 Å². The molecule has 2 aromatic rings. The number of carbonyl (C=O) groups is 1. The second kappa shape index (κ2) is 18.0. The van der Waals surface area contributed by atoms with E-state index in [0.29, 0.717) is 5.39 Å². The summed E-state index contributed by atoms with van der Waals surface area (Å²) in [6, 6.07) is 7.09. The molecule has 1 heterocycles. The number of hydrogen-bond acceptors (Lipinski definition) is 2. The maximum Gasteiger partial charge on any atom is 0.256 e. The number of hydrogen-bond donors (Lipinski definition) is 2. The van der Waals surface area contributed by atoms with Crippen LogP contribution in [0, 0.1) is 0 Å². The summed E-state index contributed by atoms with van der Waals surface area (Å²) in [5, 5.41) is 2.95. The van der Waals surface area contributed by atoms with Gasteiger partial charge in [-0.1, -0.05) is 68.5 Å². The van der Waals surface area contributed by atoms with Crippen LogP contribution in [-0.2, 0) is 0 Å². The quantitative estimate of drug-likeness (QED) is 0.753. The molecule has 2 rings (SSSR count). The number of pyridine rings is 1. The molecule has 0 spiro atoms. The van der Waals surface area contributed by atoms with Gasteiger partial charge < -0.3 is 10.3 Å². The van der Waals surface area contributed by atoms with Crippen LogP contribution in [0.25, 0.3) is 10.9 Å². The van der Waals surface area contributed by atoms with E-state index >= 15 is 0 Å². The lowest BCUT2D eigenvalue weighted by molar-refractivity contribution is 0.0962.